The number of nitrogens with zero attached hydrogens (tertiary/aromatic N) is 1. The molecule has 1 saturated heterocycles. The number of anilines is 2. The third-order valence-electron chi connectivity index (χ3n) is 2.67. The lowest BCUT2D eigenvalue weighted by Gasteiger charge is -2.10. The highest BCUT2D eigenvalue weighted by molar-refractivity contribution is 9.10. The Balaban J connectivity index is 2.03. The average Bonchev–Trinajstić information content (AvgIpc) is 2.69. The monoisotopic (exact) mass is 299 g/mol. The zero-order valence-electron chi connectivity index (χ0n) is 9.44. The molecule has 1 aromatic heterocycles. The number of hydrogen-bond acceptors (Lipinski definition) is 4. The molecule has 0 saturated carbocycles. The fourth-order valence-electron chi connectivity index (χ4n) is 1.76. The molecule has 1 amide bonds. The van der Waals surface area contributed by atoms with E-state index >= 15 is 0 Å². The molecular formula is C11H14BrN3O2. The molecule has 0 aromatic carbocycles. The summed E-state index contributed by atoms with van der Waals surface area (Å²) >= 11 is 3.31. The number of carbonyl (C=O) groups is 1. The van der Waals surface area contributed by atoms with Crippen molar-refractivity contribution in [3.63, 3.8) is 0 Å². The minimum Gasteiger partial charge on any atom is -0.397 e. The van der Waals surface area contributed by atoms with Gasteiger partial charge in [0.15, 0.2) is 0 Å². The van der Waals surface area contributed by atoms with Crippen molar-refractivity contribution < 1.29 is 9.53 Å². The molecule has 0 radical (unpaired) electrons. The quantitative estimate of drug-likeness (QED) is 0.873. The van der Waals surface area contributed by atoms with Crippen LogP contribution in [-0.4, -0.2) is 23.6 Å². The Morgan fingerprint density at radius 3 is 3.06 bits per heavy atom. The highest BCUT2D eigenvalue weighted by Crippen LogP contribution is 2.24. The van der Waals surface area contributed by atoms with E-state index in [0.717, 1.165) is 6.42 Å². The maximum Gasteiger partial charge on any atom is 0.231 e. The fourth-order valence-corrected chi connectivity index (χ4v) is 2.23. The van der Waals surface area contributed by atoms with Gasteiger partial charge < -0.3 is 15.8 Å². The molecule has 2 unspecified atom stereocenters. The second-order valence-corrected chi connectivity index (χ2v) is 5.02. The lowest BCUT2D eigenvalue weighted by molar-refractivity contribution is -0.119. The molecule has 0 spiro atoms. The first-order valence-electron chi connectivity index (χ1n) is 5.39. The summed E-state index contributed by atoms with van der Waals surface area (Å²) in [6.07, 6.45) is 2.40. The van der Waals surface area contributed by atoms with Crippen LogP contribution < -0.4 is 11.1 Å². The minimum absolute atomic E-state index is 0.0627. The zero-order chi connectivity index (χ0) is 12.4. The van der Waals surface area contributed by atoms with Gasteiger partial charge >= 0.3 is 0 Å². The molecule has 3 N–H and O–H groups in total. The molecule has 2 atom stereocenters. The molecule has 2 rings (SSSR count). The minimum atomic E-state index is -0.101. The van der Waals surface area contributed by atoms with Crippen LogP contribution in [-0.2, 0) is 9.53 Å². The Hall–Kier alpha value is -1.14. The molecule has 1 fully saturated rings. The summed E-state index contributed by atoms with van der Waals surface area (Å²) in [7, 11) is 0. The zero-order valence-corrected chi connectivity index (χ0v) is 11.0. The van der Waals surface area contributed by atoms with Gasteiger partial charge in [0.1, 0.15) is 5.82 Å². The molecular weight excluding hydrogens is 286 g/mol. The number of ether oxygens (including phenoxy) is 1. The van der Waals surface area contributed by atoms with Gasteiger partial charge in [-0.25, -0.2) is 4.98 Å². The number of amides is 1. The van der Waals surface area contributed by atoms with Crippen LogP contribution in [0.4, 0.5) is 11.5 Å². The van der Waals surface area contributed by atoms with E-state index in [9.17, 15) is 4.79 Å². The maximum atomic E-state index is 11.9. The average molecular weight is 300 g/mol. The van der Waals surface area contributed by atoms with Crippen molar-refractivity contribution in [1.29, 1.82) is 0 Å². The number of pyridine rings is 1. The van der Waals surface area contributed by atoms with Gasteiger partial charge in [-0.15, -0.1) is 0 Å². The summed E-state index contributed by atoms with van der Waals surface area (Å²) in [5.74, 6) is 0.326. The number of nitrogens with two attached hydrogens (primary N) is 1. The topological polar surface area (TPSA) is 77.2 Å². The number of carbonyl (C=O) groups excluding carboxylic acids is 1. The third kappa shape index (κ3) is 2.95. The molecule has 92 valence electrons. The van der Waals surface area contributed by atoms with Crippen molar-refractivity contribution in [1.82, 2.24) is 4.98 Å². The Morgan fingerprint density at radius 1 is 1.71 bits per heavy atom. The second kappa shape index (κ2) is 5.01. The summed E-state index contributed by atoms with van der Waals surface area (Å²) in [4.78, 5) is 16.0. The van der Waals surface area contributed by atoms with Gasteiger partial charge in [0.25, 0.3) is 0 Å². The van der Waals surface area contributed by atoms with E-state index in [0.29, 0.717) is 22.6 Å². The molecule has 2 heterocycles. The number of hydrogen-bond donors (Lipinski definition) is 2. The number of nitrogens with one attached hydrogen (secondary N) is 1. The van der Waals surface area contributed by atoms with Crippen LogP contribution in [0.1, 0.15) is 13.3 Å². The van der Waals surface area contributed by atoms with Crippen LogP contribution in [0.15, 0.2) is 16.7 Å². The van der Waals surface area contributed by atoms with Crippen LogP contribution in [0.3, 0.4) is 0 Å². The van der Waals surface area contributed by atoms with Gasteiger partial charge in [-0.1, -0.05) is 0 Å². The van der Waals surface area contributed by atoms with Crippen molar-refractivity contribution in [2.75, 3.05) is 17.7 Å². The highest BCUT2D eigenvalue weighted by Gasteiger charge is 2.28. The summed E-state index contributed by atoms with van der Waals surface area (Å²) < 4.78 is 6.04. The first-order valence-corrected chi connectivity index (χ1v) is 6.19. The smallest absolute Gasteiger partial charge is 0.231 e. The predicted octanol–water partition coefficient (Wildman–Crippen LogP) is 1.79. The normalized spacial score (nSPS) is 23.6. The lowest BCUT2D eigenvalue weighted by Crippen LogP contribution is -2.23. The van der Waals surface area contributed by atoms with Crippen LogP contribution in [0, 0.1) is 5.92 Å². The second-order valence-electron chi connectivity index (χ2n) is 4.16. The van der Waals surface area contributed by atoms with E-state index in [1.807, 2.05) is 6.92 Å². The van der Waals surface area contributed by atoms with Crippen molar-refractivity contribution in [2.24, 2.45) is 5.92 Å². The molecule has 0 aliphatic carbocycles. The SMILES string of the molecule is CC1CC(C(=O)Nc2ncc(N)cc2Br)CO1. The first-order chi connectivity index (χ1) is 8.06. The molecule has 0 bridgehead atoms. The van der Waals surface area contributed by atoms with Gasteiger partial charge in [-0.2, -0.15) is 0 Å². The van der Waals surface area contributed by atoms with E-state index < -0.39 is 0 Å². The standard InChI is InChI=1S/C11H14BrN3O2/c1-6-2-7(5-17-6)11(16)15-10-9(12)3-8(13)4-14-10/h3-4,6-7H,2,5,13H2,1H3,(H,14,15,16). The van der Waals surface area contributed by atoms with Gasteiger partial charge in [0.05, 0.1) is 35.0 Å². The fraction of sp³-hybridized carbons (Fsp3) is 0.455. The number of aromatic nitrogens is 1. The third-order valence-corrected chi connectivity index (χ3v) is 3.28. The molecule has 17 heavy (non-hydrogen) atoms. The molecule has 1 aliphatic rings. The van der Waals surface area contributed by atoms with Crippen LogP contribution in [0.25, 0.3) is 0 Å². The molecule has 6 heteroatoms. The highest BCUT2D eigenvalue weighted by atomic mass is 79.9. The van der Waals surface area contributed by atoms with Crippen molar-refractivity contribution >= 4 is 33.3 Å². The van der Waals surface area contributed by atoms with Gasteiger partial charge in [0, 0.05) is 0 Å². The van der Waals surface area contributed by atoms with Crippen LogP contribution in [0.2, 0.25) is 0 Å². The Bertz CT molecular complexity index is 439. The Labute approximate surface area is 108 Å². The predicted molar refractivity (Wildman–Crippen MR) is 68.5 cm³/mol. The van der Waals surface area contributed by atoms with Gasteiger partial charge in [-0.3, -0.25) is 4.79 Å². The number of nitrogen functional groups attached to an aromatic ring is 1. The van der Waals surface area contributed by atoms with Crippen molar-refractivity contribution in [3.8, 4) is 0 Å². The lowest BCUT2D eigenvalue weighted by atomic mass is 10.1. The molecule has 1 aromatic rings. The van der Waals surface area contributed by atoms with Gasteiger partial charge in [-0.05, 0) is 35.3 Å². The van der Waals surface area contributed by atoms with Crippen LogP contribution in [0.5, 0.6) is 0 Å². The first kappa shape index (κ1) is 12.3. The number of halogens is 1. The molecule has 1 aliphatic heterocycles. The largest absolute Gasteiger partial charge is 0.397 e. The van der Waals surface area contributed by atoms with Crippen LogP contribution >= 0.6 is 15.9 Å². The summed E-state index contributed by atoms with van der Waals surface area (Å²) in [5, 5.41) is 2.77. The van der Waals surface area contributed by atoms with E-state index in [1.54, 1.807) is 6.07 Å². The van der Waals surface area contributed by atoms with Crippen molar-refractivity contribution in [2.45, 2.75) is 19.4 Å². The van der Waals surface area contributed by atoms with E-state index in [1.165, 1.54) is 6.20 Å². The summed E-state index contributed by atoms with van der Waals surface area (Å²) in [5.41, 5.74) is 6.12. The van der Waals surface area contributed by atoms with Gasteiger partial charge in [0.2, 0.25) is 5.91 Å². The summed E-state index contributed by atoms with van der Waals surface area (Å²) in [6.45, 7) is 2.43. The summed E-state index contributed by atoms with van der Waals surface area (Å²) in [6, 6.07) is 1.70. The van der Waals surface area contributed by atoms with E-state index in [4.69, 9.17) is 10.5 Å². The van der Waals surface area contributed by atoms with E-state index in [2.05, 4.69) is 26.2 Å². The number of rotatable bonds is 2. The Kier molecular flexibility index (Phi) is 3.63. The Morgan fingerprint density at radius 2 is 2.47 bits per heavy atom. The van der Waals surface area contributed by atoms with Crippen molar-refractivity contribution in [3.05, 3.63) is 16.7 Å². The maximum absolute atomic E-state index is 11.9. The molecule has 5 nitrogen and oxygen atoms in total. The van der Waals surface area contributed by atoms with E-state index in [-0.39, 0.29) is 17.9 Å².